The summed E-state index contributed by atoms with van der Waals surface area (Å²) >= 11 is 0. The van der Waals surface area contributed by atoms with Crippen molar-refractivity contribution >= 4 is 0 Å². The fourth-order valence-electron chi connectivity index (χ4n) is 2.27. The summed E-state index contributed by atoms with van der Waals surface area (Å²) < 4.78 is 2.07. The molecular formula is C10H18N4. The Labute approximate surface area is 84.5 Å². The predicted octanol–water partition coefficient (Wildman–Crippen LogP) is 1.32. The molecule has 2 N–H and O–H groups in total. The van der Waals surface area contributed by atoms with Crippen molar-refractivity contribution in [3.05, 3.63) is 11.6 Å². The van der Waals surface area contributed by atoms with E-state index in [2.05, 4.69) is 14.8 Å². The van der Waals surface area contributed by atoms with Gasteiger partial charge in [-0.05, 0) is 12.8 Å². The largest absolute Gasteiger partial charge is 0.324 e. The molecule has 1 heterocycles. The number of aromatic nitrogens is 3. The van der Waals surface area contributed by atoms with E-state index in [0.717, 1.165) is 11.6 Å². The molecule has 1 fully saturated rings. The number of rotatable bonds is 2. The molecule has 0 saturated heterocycles. The SMILES string of the molecule is Cn1c(CN)nnc1C1CCCCC1. The van der Waals surface area contributed by atoms with Gasteiger partial charge < -0.3 is 10.3 Å². The zero-order chi connectivity index (χ0) is 9.97. The molecule has 14 heavy (non-hydrogen) atoms. The van der Waals surface area contributed by atoms with Gasteiger partial charge in [-0.1, -0.05) is 19.3 Å². The molecule has 1 saturated carbocycles. The highest BCUT2D eigenvalue weighted by Crippen LogP contribution is 2.31. The summed E-state index contributed by atoms with van der Waals surface area (Å²) in [5.74, 6) is 2.64. The Morgan fingerprint density at radius 1 is 1.29 bits per heavy atom. The monoisotopic (exact) mass is 194 g/mol. The normalized spacial score (nSPS) is 18.7. The van der Waals surface area contributed by atoms with E-state index in [0.29, 0.717) is 12.5 Å². The van der Waals surface area contributed by atoms with Crippen LogP contribution in [0.25, 0.3) is 0 Å². The van der Waals surface area contributed by atoms with Gasteiger partial charge in [0.25, 0.3) is 0 Å². The van der Waals surface area contributed by atoms with E-state index in [9.17, 15) is 0 Å². The van der Waals surface area contributed by atoms with Crippen LogP contribution in [-0.2, 0) is 13.6 Å². The number of hydrogen-bond acceptors (Lipinski definition) is 3. The second-order valence-corrected chi connectivity index (χ2v) is 4.07. The lowest BCUT2D eigenvalue weighted by Gasteiger charge is -2.20. The van der Waals surface area contributed by atoms with Crippen LogP contribution in [0.1, 0.15) is 49.7 Å². The molecule has 0 amide bonds. The van der Waals surface area contributed by atoms with Crippen LogP contribution in [0.2, 0.25) is 0 Å². The van der Waals surface area contributed by atoms with Crippen LogP contribution in [0.4, 0.5) is 0 Å². The van der Waals surface area contributed by atoms with Gasteiger partial charge in [0.05, 0.1) is 6.54 Å². The first kappa shape index (κ1) is 9.65. The van der Waals surface area contributed by atoms with Crippen LogP contribution in [0, 0.1) is 0 Å². The zero-order valence-corrected chi connectivity index (χ0v) is 8.74. The highest BCUT2D eigenvalue weighted by molar-refractivity contribution is 5.02. The molecular weight excluding hydrogens is 176 g/mol. The summed E-state index contributed by atoms with van der Waals surface area (Å²) in [5, 5.41) is 8.34. The number of nitrogens with two attached hydrogens (primary N) is 1. The molecule has 78 valence electrons. The lowest BCUT2D eigenvalue weighted by molar-refractivity contribution is 0.419. The number of hydrogen-bond donors (Lipinski definition) is 1. The Kier molecular flexibility index (Phi) is 2.82. The second kappa shape index (κ2) is 4.09. The predicted molar refractivity (Wildman–Crippen MR) is 54.7 cm³/mol. The van der Waals surface area contributed by atoms with E-state index in [1.165, 1.54) is 32.1 Å². The van der Waals surface area contributed by atoms with Crippen LogP contribution in [-0.4, -0.2) is 14.8 Å². The Balaban J connectivity index is 2.18. The Hall–Kier alpha value is -0.900. The molecule has 0 unspecified atom stereocenters. The van der Waals surface area contributed by atoms with Crippen LogP contribution in [0.5, 0.6) is 0 Å². The van der Waals surface area contributed by atoms with E-state index < -0.39 is 0 Å². The number of nitrogens with zero attached hydrogens (tertiary/aromatic N) is 3. The van der Waals surface area contributed by atoms with E-state index in [1.807, 2.05) is 7.05 Å². The Morgan fingerprint density at radius 3 is 2.57 bits per heavy atom. The van der Waals surface area contributed by atoms with Gasteiger partial charge in [0.2, 0.25) is 0 Å². The van der Waals surface area contributed by atoms with Gasteiger partial charge >= 0.3 is 0 Å². The molecule has 0 radical (unpaired) electrons. The van der Waals surface area contributed by atoms with Gasteiger partial charge in [-0.25, -0.2) is 0 Å². The fraction of sp³-hybridized carbons (Fsp3) is 0.800. The van der Waals surface area contributed by atoms with Crippen molar-refractivity contribution in [2.75, 3.05) is 0 Å². The molecule has 0 spiro atoms. The maximum atomic E-state index is 5.57. The van der Waals surface area contributed by atoms with E-state index in [-0.39, 0.29) is 0 Å². The van der Waals surface area contributed by atoms with E-state index in [4.69, 9.17) is 5.73 Å². The van der Waals surface area contributed by atoms with Crippen molar-refractivity contribution in [2.24, 2.45) is 12.8 Å². The molecule has 1 aliphatic rings. The van der Waals surface area contributed by atoms with Gasteiger partial charge in [-0.3, -0.25) is 0 Å². The first-order valence-electron chi connectivity index (χ1n) is 5.41. The first-order valence-corrected chi connectivity index (χ1v) is 5.41. The minimum atomic E-state index is 0.482. The molecule has 0 atom stereocenters. The Morgan fingerprint density at radius 2 is 2.00 bits per heavy atom. The highest BCUT2D eigenvalue weighted by Gasteiger charge is 2.20. The van der Waals surface area contributed by atoms with Gasteiger partial charge in [-0.2, -0.15) is 0 Å². The van der Waals surface area contributed by atoms with E-state index in [1.54, 1.807) is 0 Å². The average Bonchev–Trinajstić information content (AvgIpc) is 2.61. The van der Waals surface area contributed by atoms with Crippen molar-refractivity contribution in [1.29, 1.82) is 0 Å². The highest BCUT2D eigenvalue weighted by atomic mass is 15.3. The summed E-state index contributed by atoms with van der Waals surface area (Å²) in [6.45, 7) is 0.482. The second-order valence-electron chi connectivity index (χ2n) is 4.07. The fourth-order valence-corrected chi connectivity index (χ4v) is 2.27. The average molecular weight is 194 g/mol. The van der Waals surface area contributed by atoms with Crippen LogP contribution < -0.4 is 5.73 Å². The van der Waals surface area contributed by atoms with Crippen molar-refractivity contribution in [1.82, 2.24) is 14.8 Å². The van der Waals surface area contributed by atoms with Crippen molar-refractivity contribution < 1.29 is 0 Å². The van der Waals surface area contributed by atoms with Crippen molar-refractivity contribution in [3.8, 4) is 0 Å². The van der Waals surface area contributed by atoms with Crippen LogP contribution >= 0.6 is 0 Å². The van der Waals surface area contributed by atoms with Crippen molar-refractivity contribution in [3.63, 3.8) is 0 Å². The molecule has 4 nitrogen and oxygen atoms in total. The third kappa shape index (κ3) is 1.66. The molecule has 0 bridgehead atoms. The van der Waals surface area contributed by atoms with Gasteiger partial charge in [0.1, 0.15) is 11.6 Å². The third-order valence-corrected chi connectivity index (χ3v) is 3.15. The quantitative estimate of drug-likeness (QED) is 0.772. The first-order chi connectivity index (χ1) is 6.83. The summed E-state index contributed by atoms with van der Waals surface area (Å²) in [6, 6.07) is 0. The Bertz CT molecular complexity index is 299. The summed E-state index contributed by atoms with van der Waals surface area (Å²) in [4.78, 5) is 0. The smallest absolute Gasteiger partial charge is 0.146 e. The zero-order valence-electron chi connectivity index (χ0n) is 8.74. The maximum Gasteiger partial charge on any atom is 0.146 e. The molecule has 0 aliphatic heterocycles. The molecule has 0 aromatic carbocycles. The summed E-state index contributed by atoms with van der Waals surface area (Å²) in [6.07, 6.45) is 6.55. The van der Waals surface area contributed by atoms with Crippen LogP contribution in [0.3, 0.4) is 0 Å². The topological polar surface area (TPSA) is 56.7 Å². The third-order valence-electron chi connectivity index (χ3n) is 3.15. The van der Waals surface area contributed by atoms with Gasteiger partial charge in [0.15, 0.2) is 0 Å². The summed E-state index contributed by atoms with van der Waals surface area (Å²) in [7, 11) is 2.02. The molecule has 2 rings (SSSR count). The van der Waals surface area contributed by atoms with Gasteiger partial charge in [0, 0.05) is 13.0 Å². The van der Waals surface area contributed by atoms with Crippen molar-refractivity contribution in [2.45, 2.75) is 44.6 Å². The van der Waals surface area contributed by atoms with Gasteiger partial charge in [-0.15, -0.1) is 10.2 Å². The lowest BCUT2D eigenvalue weighted by Crippen LogP contribution is -2.12. The maximum absolute atomic E-state index is 5.57. The minimum absolute atomic E-state index is 0.482. The molecule has 4 heteroatoms. The molecule has 1 aromatic rings. The minimum Gasteiger partial charge on any atom is -0.324 e. The van der Waals surface area contributed by atoms with E-state index >= 15 is 0 Å². The lowest BCUT2D eigenvalue weighted by atomic mass is 9.89. The standard InChI is InChI=1S/C10H18N4/c1-14-9(7-11)12-13-10(14)8-5-3-2-4-6-8/h8H,2-7,11H2,1H3. The molecule has 1 aromatic heterocycles. The van der Waals surface area contributed by atoms with Crippen LogP contribution in [0.15, 0.2) is 0 Å². The summed E-state index contributed by atoms with van der Waals surface area (Å²) in [5.41, 5.74) is 5.57. The molecule has 1 aliphatic carbocycles.